The molecule has 1 aliphatic heterocycles. The molecule has 0 bridgehead atoms. The largest absolute Gasteiger partial charge is 0.494 e. The van der Waals surface area contributed by atoms with Gasteiger partial charge in [-0.2, -0.15) is 0 Å². The van der Waals surface area contributed by atoms with E-state index < -0.39 is 10.0 Å². The van der Waals surface area contributed by atoms with Gasteiger partial charge in [-0.15, -0.1) is 0 Å². The molecule has 0 atom stereocenters. The number of nitrogens with one attached hydrogen (secondary N) is 1. The third-order valence-corrected chi connectivity index (χ3v) is 6.10. The van der Waals surface area contributed by atoms with E-state index in [2.05, 4.69) is 10.2 Å². The van der Waals surface area contributed by atoms with E-state index in [1.54, 1.807) is 24.3 Å². The number of hydrogen-bond acceptors (Lipinski definition) is 5. The molecule has 1 fully saturated rings. The van der Waals surface area contributed by atoms with Crippen molar-refractivity contribution in [2.24, 2.45) is 0 Å². The van der Waals surface area contributed by atoms with Crippen LogP contribution in [0.5, 0.6) is 5.75 Å². The van der Waals surface area contributed by atoms with E-state index in [0.717, 1.165) is 43.0 Å². The molecule has 29 heavy (non-hydrogen) atoms. The molecule has 0 radical (unpaired) electrons. The second kappa shape index (κ2) is 12.0. The van der Waals surface area contributed by atoms with Gasteiger partial charge >= 0.3 is 0 Å². The number of ether oxygens (including phenoxy) is 1. The van der Waals surface area contributed by atoms with E-state index in [9.17, 15) is 13.2 Å². The Kier molecular flexibility index (Phi) is 9.73. The van der Waals surface area contributed by atoms with Crippen LogP contribution in [0.1, 0.15) is 45.4 Å². The number of sulfonamides is 1. The van der Waals surface area contributed by atoms with E-state index in [4.69, 9.17) is 4.74 Å². The molecule has 2 rings (SSSR count). The fourth-order valence-electron chi connectivity index (χ4n) is 3.41. The van der Waals surface area contributed by atoms with Gasteiger partial charge in [0.2, 0.25) is 15.9 Å². The Morgan fingerprint density at radius 2 is 1.79 bits per heavy atom. The summed E-state index contributed by atoms with van der Waals surface area (Å²) in [6, 6.07) is 6.78. The first kappa shape index (κ1) is 23.5. The van der Waals surface area contributed by atoms with E-state index in [-0.39, 0.29) is 12.5 Å². The van der Waals surface area contributed by atoms with Gasteiger partial charge in [0.15, 0.2) is 0 Å². The predicted molar refractivity (Wildman–Crippen MR) is 117 cm³/mol. The highest BCUT2D eigenvalue weighted by Gasteiger charge is 2.20. The highest BCUT2D eigenvalue weighted by Crippen LogP contribution is 2.21. The Hall–Kier alpha value is -1.80. The number of hydrogen-bond donors (Lipinski definition) is 1. The smallest absolute Gasteiger partial charge is 0.240 e. The zero-order valence-electron chi connectivity index (χ0n) is 17.7. The SMILES string of the molecule is CCCOc1ccc(N(CC(=O)NCCCN2CCCCCC2)S(C)(=O)=O)cc1. The van der Waals surface area contributed by atoms with Crippen LogP contribution in [0.3, 0.4) is 0 Å². The minimum atomic E-state index is -3.57. The number of benzene rings is 1. The van der Waals surface area contributed by atoms with Gasteiger partial charge in [0.25, 0.3) is 0 Å². The van der Waals surface area contributed by atoms with Gasteiger partial charge in [-0.25, -0.2) is 8.42 Å². The van der Waals surface area contributed by atoms with Crippen molar-refractivity contribution in [1.82, 2.24) is 10.2 Å². The monoisotopic (exact) mass is 425 g/mol. The van der Waals surface area contributed by atoms with Crippen molar-refractivity contribution < 1.29 is 17.9 Å². The van der Waals surface area contributed by atoms with Gasteiger partial charge in [-0.3, -0.25) is 9.10 Å². The number of nitrogens with zero attached hydrogens (tertiary/aromatic N) is 2. The van der Waals surface area contributed by atoms with Crippen molar-refractivity contribution >= 4 is 21.6 Å². The summed E-state index contributed by atoms with van der Waals surface area (Å²) in [7, 11) is -3.57. The fourth-order valence-corrected chi connectivity index (χ4v) is 4.26. The Bertz CT molecular complexity index is 714. The van der Waals surface area contributed by atoms with Crippen LogP contribution in [0, 0.1) is 0 Å². The number of carbonyl (C=O) groups is 1. The molecule has 1 amide bonds. The zero-order chi connectivity index (χ0) is 21.1. The molecule has 7 nitrogen and oxygen atoms in total. The average Bonchev–Trinajstić information content (AvgIpc) is 2.96. The molecular weight excluding hydrogens is 390 g/mol. The summed E-state index contributed by atoms with van der Waals surface area (Å²) >= 11 is 0. The first-order valence-electron chi connectivity index (χ1n) is 10.6. The van der Waals surface area contributed by atoms with Gasteiger partial charge in [0.05, 0.1) is 18.6 Å². The van der Waals surface area contributed by atoms with Crippen molar-refractivity contribution in [2.45, 2.75) is 45.4 Å². The van der Waals surface area contributed by atoms with Gasteiger partial charge in [0.1, 0.15) is 12.3 Å². The van der Waals surface area contributed by atoms with Crippen molar-refractivity contribution in [3.05, 3.63) is 24.3 Å². The highest BCUT2D eigenvalue weighted by atomic mass is 32.2. The molecule has 0 aromatic heterocycles. The first-order valence-corrected chi connectivity index (χ1v) is 12.4. The number of likely N-dealkylation sites (tertiary alicyclic amines) is 1. The first-order chi connectivity index (χ1) is 13.9. The maximum absolute atomic E-state index is 12.3. The minimum absolute atomic E-state index is 0.224. The van der Waals surface area contributed by atoms with Crippen molar-refractivity contribution in [1.29, 1.82) is 0 Å². The Labute approximate surface area is 175 Å². The topological polar surface area (TPSA) is 79.0 Å². The lowest BCUT2D eigenvalue weighted by molar-refractivity contribution is -0.119. The number of carbonyl (C=O) groups excluding carboxylic acids is 1. The maximum Gasteiger partial charge on any atom is 0.240 e. The van der Waals surface area contributed by atoms with Crippen LogP contribution in [0.15, 0.2) is 24.3 Å². The summed E-state index contributed by atoms with van der Waals surface area (Å²) < 4.78 is 31.1. The van der Waals surface area contributed by atoms with E-state index in [1.165, 1.54) is 25.7 Å². The van der Waals surface area contributed by atoms with Gasteiger partial charge in [-0.05, 0) is 69.6 Å². The van der Waals surface area contributed by atoms with Crippen LogP contribution in [0.25, 0.3) is 0 Å². The van der Waals surface area contributed by atoms with Crippen molar-refractivity contribution in [3.8, 4) is 5.75 Å². The Balaban J connectivity index is 1.83. The summed E-state index contributed by atoms with van der Waals surface area (Å²) in [6.07, 6.45) is 7.99. The molecule has 0 saturated carbocycles. The summed E-state index contributed by atoms with van der Waals surface area (Å²) in [6.45, 7) is 6.19. The normalized spacial score (nSPS) is 15.5. The van der Waals surface area contributed by atoms with Crippen LogP contribution >= 0.6 is 0 Å². The van der Waals surface area contributed by atoms with E-state index >= 15 is 0 Å². The average molecular weight is 426 g/mol. The Morgan fingerprint density at radius 3 is 2.38 bits per heavy atom. The Morgan fingerprint density at radius 1 is 1.14 bits per heavy atom. The second-order valence-corrected chi connectivity index (χ2v) is 9.48. The molecule has 1 saturated heterocycles. The molecule has 0 spiro atoms. The van der Waals surface area contributed by atoms with Crippen molar-refractivity contribution in [3.63, 3.8) is 0 Å². The molecule has 164 valence electrons. The number of anilines is 1. The lowest BCUT2D eigenvalue weighted by Crippen LogP contribution is -2.41. The summed E-state index contributed by atoms with van der Waals surface area (Å²) in [5, 5.41) is 2.85. The quantitative estimate of drug-likeness (QED) is 0.552. The zero-order valence-corrected chi connectivity index (χ0v) is 18.5. The minimum Gasteiger partial charge on any atom is -0.494 e. The molecule has 0 aliphatic carbocycles. The number of amides is 1. The molecule has 0 unspecified atom stereocenters. The summed E-state index contributed by atoms with van der Waals surface area (Å²) in [4.78, 5) is 14.8. The summed E-state index contributed by atoms with van der Waals surface area (Å²) in [5.74, 6) is 0.389. The predicted octanol–water partition coefficient (Wildman–Crippen LogP) is 2.62. The standard InChI is InChI=1S/C21H35N3O4S/c1-3-17-28-20-11-9-19(10-12-20)24(29(2,26)27)18-21(25)22-13-8-16-23-14-6-4-5-7-15-23/h9-12H,3-8,13-18H2,1-2H3,(H,22,25). The van der Waals surface area contributed by atoms with Gasteiger partial charge in [-0.1, -0.05) is 19.8 Å². The summed E-state index contributed by atoms with van der Waals surface area (Å²) in [5.41, 5.74) is 0.455. The van der Waals surface area contributed by atoms with E-state index in [1.807, 2.05) is 6.92 Å². The van der Waals surface area contributed by atoms with Crippen LogP contribution in [0.4, 0.5) is 5.69 Å². The van der Waals surface area contributed by atoms with Crippen LogP contribution < -0.4 is 14.4 Å². The molecule has 1 heterocycles. The third kappa shape index (κ3) is 8.62. The van der Waals surface area contributed by atoms with Crippen LogP contribution in [-0.4, -0.2) is 64.8 Å². The molecule has 1 aromatic carbocycles. The molecule has 1 aliphatic rings. The van der Waals surface area contributed by atoms with Crippen LogP contribution in [-0.2, 0) is 14.8 Å². The highest BCUT2D eigenvalue weighted by molar-refractivity contribution is 7.92. The molecule has 1 N–H and O–H groups in total. The fraction of sp³-hybridized carbons (Fsp3) is 0.667. The maximum atomic E-state index is 12.3. The van der Waals surface area contributed by atoms with E-state index in [0.29, 0.717) is 24.6 Å². The molecule has 8 heteroatoms. The lowest BCUT2D eigenvalue weighted by Gasteiger charge is -2.22. The van der Waals surface area contributed by atoms with Gasteiger partial charge in [0, 0.05) is 6.54 Å². The third-order valence-electron chi connectivity index (χ3n) is 4.96. The second-order valence-electron chi connectivity index (χ2n) is 7.57. The van der Waals surface area contributed by atoms with Gasteiger partial charge < -0.3 is 15.0 Å². The lowest BCUT2D eigenvalue weighted by atomic mass is 10.2. The number of rotatable bonds is 11. The van der Waals surface area contributed by atoms with Crippen molar-refractivity contribution in [2.75, 3.05) is 49.9 Å². The van der Waals surface area contributed by atoms with Crippen LogP contribution in [0.2, 0.25) is 0 Å². The molecular formula is C21H35N3O4S. The molecule has 1 aromatic rings.